The van der Waals surface area contributed by atoms with Gasteiger partial charge in [-0.25, -0.2) is 0 Å². The van der Waals surface area contributed by atoms with E-state index < -0.39 is 0 Å². The number of nitrogens with zero attached hydrogens (tertiary/aromatic N) is 1. The Morgan fingerprint density at radius 2 is 1.47 bits per heavy atom. The molecule has 0 unspecified atom stereocenters. The van der Waals surface area contributed by atoms with Gasteiger partial charge in [0.2, 0.25) is 0 Å². The van der Waals surface area contributed by atoms with Gasteiger partial charge in [0.1, 0.15) is 12.4 Å². The maximum Gasteiger partial charge on any atom is 0.161 e. The lowest BCUT2D eigenvalue weighted by Crippen LogP contribution is -2.28. The smallest absolute Gasteiger partial charge is 0.161 e. The fourth-order valence-corrected chi connectivity index (χ4v) is 3.35. The molecule has 2 N–H and O–H groups in total. The van der Waals surface area contributed by atoms with Crippen molar-refractivity contribution in [3.05, 3.63) is 89.5 Å². The topological polar surface area (TPSA) is 57.0 Å². The summed E-state index contributed by atoms with van der Waals surface area (Å²) in [7, 11) is 3.35. The van der Waals surface area contributed by atoms with Crippen LogP contribution in [0.2, 0.25) is 0 Å². The van der Waals surface area contributed by atoms with Crippen molar-refractivity contribution >= 4 is 0 Å². The Balaban J connectivity index is 1.68. The second-order valence-corrected chi connectivity index (χ2v) is 7.11. The summed E-state index contributed by atoms with van der Waals surface area (Å²) in [5.41, 5.74) is 9.32. The number of benzene rings is 3. The second kappa shape index (κ2) is 11.2. The molecule has 30 heavy (non-hydrogen) atoms. The maximum absolute atomic E-state index is 5.97. The first kappa shape index (κ1) is 21.7. The molecule has 0 aliphatic heterocycles. The van der Waals surface area contributed by atoms with Gasteiger partial charge < -0.3 is 19.9 Å². The summed E-state index contributed by atoms with van der Waals surface area (Å²) < 4.78 is 16.9. The molecule has 0 saturated carbocycles. The standard InChI is InChI=1S/C25H30N2O3/c1-28-23-10-6-9-21(15-23)17-27(14-13-26)18-22-11-12-24(25(16-22)29-2)30-19-20-7-4-3-5-8-20/h3-12,15-16H,13-14,17-19,26H2,1-2H3. The zero-order valence-corrected chi connectivity index (χ0v) is 17.7. The molecule has 0 fully saturated rings. The number of methoxy groups -OCH3 is 2. The zero-order valence-electron chi connectivity index (χ0n) is 17.7. The first-order valence-corrected chi connectivity index (χ1v) is 10.1. The average molecular weight is 407 g/mol. The Morgan fingerprint density at radius 1 is 0.733 bits per heavy atom. The normalized spacial score (nSPS) is 10.8. The van der Waals surface area contributed by atoms with Gasteiger partial charge >= 0.3 is 0 Å². The van der Waals surface area contributed by atoms with Crippen molar-refractivity contribution in [1.29, 1.82) is 0 Å². The minimum absolute atomic E-state index is 0.506. The van der Waals surface area contributed by atoms with Crippen LogP contribution < -0.4 is 19.9 Å². The van der Waals surface area contributed by atoms with Crippen molar-refractivity contribution in [2.45, 2.75) is 19.7 Å². The molecule has 5 heteroatoms. The highest BCUT2D eigenvalue weighted by Gasteiger charge is 2.11. The molecule has 158 valence electrons. The summed E-state index contributed by atoms with van der Waals surface area (Å²) >= 11 is 0. The fraction of sp³-hybridized carbons (Fsp3) is 0.280. The minimum Gasteiger partial charge on any atom is -0.497 e. The predicted molar refractivity (Wildman–Crippen MR) is 120 cm³/mol. The molecule has 0 aliphatic rings. The third kappa shape index (κ3) is 6.24. The van der Waals surface area contributed by atoms with Crippen LogP contribution in [0.15, 0.2) is 72.8 Å². The van der Waals surface area contributed by atoms with Gasteiger partial charge in [0.25, 0.3) is 0 Å². The molecule has 3 aromatic carbocycles. The molecule has 0 aromatic heterocycles. The van der Waals surface area contributed by atoms with Gasteiger partial charge in [-0.15, -0.1) is 0 Å². The fourth-order valence-electron chi connectivity index (χ4n) is 3.35. The van der Waals surface area contributed by atoms with E-state index in [9.17, 15) is 0 Å². The van der Waals surface area contributed by atoms with Gasteiger partial charge in [0, 0.05) is 26.2 Å². The third-order valence-corrected chi connectivity index (χ3v) is 4.86. The lowest BCUT2D eigenvalue weighted by Gasteiger charge is -2.22. The van der Waals surface area contributed by atoms with Gasteiger partial charge in [0.15, 0.2) is 11.5 Å². The molecule has 0 radical (unpaired) electrons. The van der Waals surface area contributed by atoms with Crippen molar-refractivity contribution in [2.24, 2.45) is 5.73 Å². The minimum atomic E-state index is 0.506. The molecule has 3 aromatic rings. The van der Waals surface area contributed by atoms with E-state index >= 15 is 0 Å². The van der Waals surface area contributed by atoms with Crippen LogP contribution in [0.3, 0.4) is 0 Å². The van der Waals surface area contributed by atoms with Crippen molar-refractivity contribution < 1.29 is 14.2 Å². The number of ether oxygens (including phenoxy) is 3. The molecule has 3 rings (SSSR count). The number of rotatable bonds is 11. The van der Waals surface area contributed by atoms with Crippen LogP contribution in [0.1, 0.15) is 16.7 Å². The molecule has 0 saturated heterocycles. The highest BCUT2D eigenvalue weighted by molar-refractivity contribution is 5.43. The van der Waals surface area contributed by atoms with Crippen molar-refractivity contribution in [3.63, 3.8) is 0 Å². The van der Waals surface area contributed by atoms with Crippen molar-refractivity contribution in [2.75, 3.05) is 27.3 Å². The van der Waals surface area contributed by atoms with Gasteiger partial charge in [0.05, 0.1) is 14.2 Å². The molecule has 0 aliphatic carbocycles. The van der Waals surface area contributed by atoms with Crippen LogP contribution >= 0.6 is 0 Å². The largest absolute Gasteiger partial charge is 0.497 e. The number of hydrogen-bond donors (Lipinski definition) is 1. The van der Waals surface area contributed by atoms with E-state index in [2.05, 4.69) is 23.1 Å². The van der Waals surface area contributed by atoms with E-state index in [0.29, 0.717) is 13.2 Å². The van der Waals surface area contributed by atoms with Crippen LogP contribution in [0.5, 0.6) is 17.2 Å². The molecule has 0 spiro atoms. The van der Waals surface area contributed by atoms with Crippen LogP contribution in [-0.2, 0) is 19.7 Å². The lowest BCUT2D eigenvalue weighted by molar-refractivity contribution is 0.261. The Labute approximate surface area is 179 Å². The second-order valence-electron chi connectivity index (χ2n) is 7.11. The van der Waals surface area contributed by atoms with E-state index in [1.54, 1.807) is 14.2 Å². The lowest BCUT2D eigenvalue weighted by atomic mass is 10.1. The first-order valence-electron chi connectivity index (χ1n) is 10.1. The van der Waals surface area contributed by atoms with E-state index in [-0.39, 0.29) is 0 Å². The Kier molecular flexibility index (Phi) is 8.12. The quantitative estimate of drug-likeness (QED) is 0.516. The van der Waals surface area contributed by atoms with Crippen LogP contribution in [0.4, 0.5) is 0 Å². The zero-order chi connectivity index (χ0) is 21.2. The van der Waals surface area contributed by atoms with Crippen LogP contribution in [0.25, 0.3) is 0 Å². The van der Waals surface area contributed by atoms with Gasteiger partial charge in [-0.05, 0) is 41.0 Å². The van der Waals surface area contributed by atoms with Crippen LogP contribution in [-0.4, -0.2) is 32.2 Å². The number of nitrogens with two attached hydrogens (primary N) is 1. The Morgan fingerprint density at radius 3 is 2.17 bits per heavy atom. The van der Waals surface area contributed by atoms with Gasteiger partial charge in [-0.3, -0.25) is 4.90 Å². The van der Waals surface area contributed by atoms with Crippen molar-refractivity contribution in [1.82, 2.24) is 4.90 Å². The van der Waals surface area contributed by atoms with E-state index in [0.717, 1.165) is 48.0 Å². The summed E-state index contributed by atoms with van der Waals surface area (Å²) in [4.78, 5) is 2.31. The maximum atomic E-state index is 5.97. The number of hydrogen-bond acceptors (Lipinski definition) is 5. The molecule has 0 bridgehead atoms. The molecular formula is C25H30N2O3. The average Bonchev–Trinajstić information content (AvgIpc) is 2.79. The summed E-state index contributed by atoms with van der Waals surface area (Å²) in [6, 6.07) is 24.3. The van der Waals surface area contributed by atoms with Gasteiger partial charge in [-0.2, -0.15) is 0 Å². The molecule has 5 nitrogen and oxygen atoms in total. The third-order valence-electron chi connectivity index (χ3n) is 4.86. The Bertz CT molecular complexity index is 915. The van der Waals surface area contributed by atoms with E-state index in [1.165, 1.54) is 5.56 Å². The summed E-state index contributed by atoms with van der Waals surface area (Å²) in [5, 5.41) is 0. The first-order chi connectivity index (χ1) is 14.7. The van der Waals surface area contributed by atoms with Gasteiger partial charge in [-0.1, -0.05) is 48.5 Å². The molecule has 0 heterocycles. The molecule has 0 atom stereocenters. The monoisotopic (exact) mass is 406 g/mol. The summed E-state index contributed by atoms with van der Waals surface area (Å²) in [6.07, 6.45) is 0. The highest BCUT2D eigenvalue weighted by Crippen LogP contribution is 2.29. The Hall–Kier alpha value is -3.02. The van der Waals surface area contributed by atoms with E-state index in [1.807, 2.05) is 54.6 Å². The predicted octanol–water partition coefficient (Wildman–Crippen LogP) is 4.24. The van der Waals surface area contributed by atoms with Crippen molar-refractivity contribution in [3.8, 4) is 17.2 Å². The van der Waals surface area contributed by atoms with E-state index in [4.69, 9.17) is 19.9 Å². The highest BCUT2D eigenvalue weighted by atomic mass is 16.5. The summed E-state index contributed by atoms with van der Waals surface area (Å²) in [5.74, 6) is 2.34. The molecule has 0 amide bonds. The van der Waals surface area contributed by atoms with Crippen LogP contribution in [0, 0.1) is 0 Å². The SMILES string of the molecule is COc1cccc(CN(CCN)Cc2ccc(OCc3ccccc3)c(OC)c2)c1. The molecular weight excluding hydrogens is 376 g/mol. The summed E-state index contributed by atoms with van der Waals surface area (Å²) in [6.45, 7) is 3.46.